The van der Waals surface area contributed by atoms with Crippen LogP contribution >= 0.6 is 0 Å². The maximum absolute atomic E-state index is 11.5. The zero-order chi connectivity index (χ0) is 13.9. The lowest BCUT2D eigenvalue weighted by Crippen LogP contribution is -2.28. The van der Waals surface area contributed by atoms with Gasteiger partial charge in [-0.05, 0) is 49.9 Å². The van der Waals surface area contributed by atoms with E-state index in [1.807, 2.05) is 24.3 Å². The number of rotatable bonds is 3. The molecule has 0 bridgehead atoms. The molecule has 0 spiro atoms. The number of aromatic amines is 1. The summed E-state index contributed by atoms with van der Waals surface area (Å²) in [5.74, 6) is 0. The molecule has 5 nitrogen and oxygen atoms in total. The quantitative estimate of drug-likeness (QED) is 0.799. The van der Waals surface area contributed by atoms with Gasteiger partial charge in [-0.15, -0.1) is 0 Å². The third-order valence-electron chi connectivity index (χ3n) is 3.86. The topological polar surface area (TPSA) is 70.0 Å². The first-order valence-corrected chi connectivity index (χ1v) is 7.03. The second-order valence-electron chi connectivity index (χ2n) is 5.33. The van der Waals surface area contributed by atoms with Crippen LogP contribution in [0.4, 0.5) is 5.69 Å². The highest BCUT2D eigenvalue weighted by molar-refractivity contribution is 5.49. The molecule has 1 heterocycles. The Hall–Kier alpha value is -2.01. The molecule has 3 rings (SSSR count). The lowest BCUT2D eigenvalue weighted by molar-refractivity contribution is 0.126. The van der Waals surface area contributed by atoms with Crippen LogP contribution in [0.1, 0.15) is 25.7 Å². The molecular weight excluding hydrogens is 254 g/mol. The third kappa shape index (κ3) is 2.77. The predicted octanol–water partition coefficient (Wildman–Crippen LogP) is 1.88. The smallest absolute Gasteiger partial charge is 0.330 e. The van der Waals surface area contributed by atoms with Crippen molar-refractivity contribution >= 4 is 5.69 Å². The number of nitrogens with one attached hydrogen (secondary N) is 2. The first kappa shape index (κ1) is 13.0. The standard InChI is InChI=1S/C15H19N3O2/c19-14-7-3-12(4-8-14)17-11-1-5-13(6-2-11)18-10-9-16-15(18)20/h1-2,5-6,9-10,12,14,17,19H,3-4,7-8H2,(H,16,20). The molecule has 1 aliphatic rings. The largest absolute Gasteiger partial charge is 0.393 e. The van der Waals surface area contributed by atoms with Crippen molar-refractivity contribution in [2.75, 3.05) is 5.32 Å². The molecule has 0 unspecified atom stereocenters. The van der Waals surface area contributed by atoms with Gasteiger partial charge in [0, 0.05) is 24.1 Å². The Morgan fingerprint density at radius 2 is 1.85 bits per heavy atom. The number of hydrogen-bond donors (Lipinski definition) is 3. The number of benzene rings is 1. The normalized spacial score (nSPS) is 22.6. The van der Waals surface area contributed by atoms with Crippen LogP contribution in [-0.2, 0) is 0 Å². The van der Waals surface area contributed by atoms with Crippen LogP contribution in [-0.4, -0.2) is 26.8 Å². The number of anilines is 1. The van der Waals surface area contributed by atoms with Gasteiger partial charge in [-0.2, -0.15) is 0 Å². The van der Waals surface area contributed by atoms with E-state index < -0.39 is 0 Å². The van der Waals surface area contributed by atoms with Crippen LogP contribution in [0.15, 0.2) is 41.5 Å². The fourth-order valence-electron chi connectivity index (χ4n) is 2.70. The van der Waals surface area contributed by atoms with E-state index in [1.54, 1.807) is 17.0 Å². The van der Waals surface area contributed by atoms with Crippen LogP contribution in [0.2, 0.25) is 0 Å². The first-order valence-electron chi connectivity index (χ1n) is 7.03. The minimum absolute atomic E-state index is 0.129. The molecule has 1 saturated carbocycles. The monoisotopic (exact) mass is 273 g/mol. The zero-order valence-electron chi connectivity index (χ0n) is 11.2. The maximum Gasteiger partial charge on any atom is 0.330 e. The summed E-state index contributed by atoms with van der Waals surface area (Å²) in [6.07, 6.45) is 6.95. The van der Waals surface area contributed by atoms with Crippen LogP contribution in [0.3, 0.4) is 0 Å². The number of nitrogens with zero attached hydrogens (tertiary/aromatic N) is 1. The number of aliphatic hydroxyl groups is 1. The van der Waals surface area contributed by atoms with Gasteiger partial charge in [0.05, 0.1) is 11.8 Å². The van der Waals surface area contributed by atoms with Crippen molar-refractivity contribution in [3.05, 3.63) is 47.1 Å². The number of aromatic nitrogens is 2. The highest BCUT2D eigenvalue weighted by Gasteiger charge is 2.18. The number of hydrogen-bond acceptors (Lipinski definition) is 3. The molecule has 2 aromatic rings. The van der Waals surface area contributed by atoms with Crippen molar-refractivity contribution in [3.63, 3.8) is 0 Å². The maximum atomic E-state index is 11.5. The summed E-state index contributed by atoms with van der Waals surface area (Å²) in [6.45, 7) is 0. The van der Waals surface area contributed by atoms with E-state index in [-0.39, 0.29) is 11.8 Å². The molecule has 20 heavy (non-hydrogen) atoms. The summed E-state index contributed by atoms with van der Waals surface area (Å²) in [4.78, 5) is 14.1. The molecular formula is C15H19N3O2. The second-order valence-corrected chi connectivity index (χ2v) is 5.33. The van der Waals surface area contributed by atoms with E-state index >= 15 is 0 Å². The van der Waals surface area contributed by atoms with Gasteiger partial charge in [-0.25, -0.2) is 4.79 Å². The summed E-state index contributed by atoms with van der Waals surface area (Å²) in [5, 5.41) is 13.0. The summed E-state index contributed by atoms with van der Waals surface area (Å²) in [7, 11) is 0. The van der Waals surface area contributed by atoms with Gasteiger partial charge >= 0.3 is 5.69 Å². The summed E-state index contributed by atoms with van der Waals surface area (Å²) >= 11 is 0. The van der Waals surface area contributed by atoms with E-state index in [0.717, 1.165) is 37.1 Å². The fraction of sp³-hybridized carbons (Fsp3) is 0.400. The van der Waals surface area contributed by atoms with Crippen molar-refractivity contribution in [1.82, 2.24) is 9.55 Å². The van der Waals surface area contributed by atoms with Crippen LogP contribution in [0.25, 0.3) is 5.69 Å². The Labute approximate surface area is 117 Å². The van der Waals surface area contributed by atoms with Gasteiger partial charge in [0.15, 0.2) is 0 Å². The minimum atomic E-state index is -0.132. The Morgan fingerprint density at radius 1 is 1.15 bits per heavy atom. The van der Waals surface area contributed by atoms with E-state index in [1.165, 1.54) is 0 Å². The molecule has 0 saturated heterocycles. The van der Waals surface area contributed by atoms with Crippen LogP contribution < -0.4 is 11.0 Å². The molecule has 0 amide bonds. The second kappa shape index (κ2) is 5.54. The molecule has 0 radical (unpaired) electrons. The summed E-state index contributed by atoms with van der Waals surface area (Å²) in [6, 6.07) is 8.25. The van der Waals surface area contributed by atoms with Crippen molar-refractivity contribution in [2.45, 2.75) is 37.8 Å². The fourth-order valence-corrected chi connectivity index (χ4v) is 2.70. The SMILES string of the molecule is O=c1[nH]ccn1-c1ccc(NC2CCC(O)CC2)cc1. The molecule has 0 atom stereocenters. The first-order chi connectivity index (χ1) is 9.72. The van der Waals surface area contributed by atoms with E-state index in [2.05, 4.69) is 10.3 Å². The van der Waals surface area contributed by atoms with Gasteiger partial charge in [0.2, 0.25) is 0 Å². The molecule has 106 valence electrons. The Morgan fingerprint density at radius 3 is 2.45 bits per heavy atom. The van der Waals surface area contributed by atoms with Gasteiger partial charge in [0.25, 0.3) is 0 Å². The van der Waals surface area contributed by atoms with E-state index in [9.17, 15) is 9.90 Å². The minimum Gasteiger partial charge on any atom is -0.393 e. The van der Waals surface area contributed by atoms with Crippen molar-refractivity contribution in [2.24, 2.45) is 0 Å². The highest BCUT2D eigenvalue weighted by Crippen LogP contribution is 2.22. The van der Waals surface area contributed by atoms with Crippen LogP contribution in [0, 0.1) is 0 Å². The molecule has 0 aliphatic heterocycles. The predicted molar refractivity (Wildman–Crippen MR) is 78.3 cm³/mol. The summed E-state index contributed by atoms with van der Waals surface area (Å²) in [5.41, 5.74) is 1.77. The number of aliphatic hydroxyl groups excluding tert-OH is 1. The van der Waals surface area contributed by atoms with Gasteiger partial charge in [-0.1, -0.05) is 0 Å². The molecule has 1 fully saturated rings. The Balaban J connectivity index is 1.68. The average Bonchev–Trinajstić information content (AvgIpc) is 2.89. The Kier molecular flexibility index (Phi) is 3.60. The third-order valence-corrected chi connectivity index (χ3v) is 3.86. The number of imidazole rings is 1. The van der Waals surface area contributed by atoms with Crippen molar-refractivity contribution in [3.8, 4) is 5.69 Å². The highest BCUT2D eigenvalue weighted by atomic mass is 16.3. The zero-order valence-corrected chi connectivity index (χ0v) is 11.2. The average molecular weight is 273 g/mol. The van der Waals surface area contributed by atoms with Crippen LogP contribution in [0.5, 0.6) is 0 Å². The lowest BCUT2D eigenvalue weighted by atomic mass is 9.93. The van der Waals surface area contributed by atoms with Gasteiger partial charge in [0.1, 0.15) is 0 Å². The molecule has 1 aliphatic carbocycles. The Bertz CT molecular complexity index is 607. The van der Waals surface area contributed by atoms with E-state index in [0.29, 0.717) is 6.04 Å². The molecule has 1 aromatic heterocycles. The van der Waals surface area contributed by atoms with Gasteiger partial charge in [-0.3, -0.25) is 4.57 Å². The van der Waals surface area contributed by atoms with E-state index in [4.69, 9.17) is 0 Å². The number of H-pyrrole nitrogens is 1. The lowest BCUT2D eigenvalue weighted by Gasteiger charge is -2.27. The molecule has 1 aromatic carbocycles. The van der Waals surface area contributed by atoms with Crippen molar-refractivity contribution < 1.29 is 5.11 Å². The molecule has 5 heteroatoms. The van der Waals surface area contributed by atoms with Crippen molar-refractivity contribution in [1.29, 1.82) is 0 Å². The van der Waals surface area contributed by atoms with Gasteiger partial charge < -0.3 is 15.4 Å². The molecule has 3 N–H and O–H groups in total. The summed E-state index contributed by atoms with van der Waals surface area (Å²) < 4.78 is 1.57.